The fourth-order valence-corrected chi connectivity index (χ4v) is 2.64. The number of nitrogens with zero attached hydrogens (tertiary/aromatic N) is 3. The lowest BCUT2D eigenvalue weighted by Crippen LogP contribution is -2.32. The van der Waals surface area contributed by atoms with E-state index in [4.69, 9.17) is 0 Å². The molecule has 1 aromatic heterocycles. The normalized spacial score (nSPS) is 17.7. The van der Waals surface area contributed by atoms with E-state index >= 15 is 0 Å². The Balaban J connectivity index is 1.82. The van der Waals surface area contributed by atoms with E-state index in [1.807, 2.05) is 30.3 Å². The van der Waals surface area contributed by atoms with E-state index in [-0.39, 0.29) is 11.9 Å². The number of rotatable bonds is 3. The Hall–Kier alpha value is -2.49. The molecule has 1 aromatic carbocycles. The van der Waals surface area contributed by atoms with Crippen LogP contribution in [-0.4, -0.2) is 27.7 Å². The molecule has 0 radical (unpaired) electrons. The molecule has 1 aliphatic rings. The summed E-state index contributed by atoms with van der Waals surface area (Å²) in [7, 11) is 0. The molecule has 2 heterocycles. The maximum Gasteiger partial charge on any atom is 0.239 e. The largest absolute Gasteiger partial charge is 0.273 e. The van der Waals surface area contributed by atoms with E-state index in [0.29, 0.717) is 0 Å². The third-order valence-corrected chi connectivity index (χ3v) is 3.63. The lowest BCUT2D eigenvalue weighted by Gasteiger charge is -2.20. The van der Waals surface area contributed by atoms with E-state index in [1.54, 1.807) is 24.3 Å². The minimum atomic E-state index is -0.0187. The zero-order valence-electron chi connectivity index (χ0n) is 11.9. The first kappa shape index (κ1) is 13.5. The summed E-state index contributed by atoms with van der Waals surface area (Å²) in [5.74, 6) is -0.0187. The molecular formula is C17H17N3O. The number of carbonyl (C=O) groups excluding carboxylic acids is 1. The van der Waals surface area contributed by atoms with Gasteiger partial charge in [-0.2, -0.15) is 5.10 Å². The minimum absolute atomic E-state index is 0.0187. The summed E-state index contributed by atoms with van der Waals surface area (Å²) in [6.45, 7) is 1.56. The molecule has 106 valence electrons. The summed E-state index contributed by atoms with van der Waals surface area (Å²) in [6, 6.07) is 14.2. The van der Waals surface area contributed by atoms with Gasteiger partial charge in [0.1, 0.15) is 0 Å². The average Bonchev–Trinajstić information content (AvgIpc) is 2.93. The lowest BCUT2D eigenvalue weighted by atomic mass is 9.99. The van der Waals surface area contributed by atoms with Crippen molar-refractivity contribution in [3.8, 4) is 0 Å². The lowest BCUT2D eigenvalue weighted by molar-refractivity contribution is -0.130. The molecule has 0 bridgehead atoms. The SMILES string of the molecule is CC(=O)N1N=C(c2cccnc2)CC1Cc1ccccc1. The number of hydrogen-bond donors (Lipinski definition) is 0. The van der Waals surface area contributed by atoms with E-state index in [1.165, 1.54) is 5.56 Å². The van der Waals surface area contributed by atoms with Crippen molar-refractivity contribution in [3.63, 3.8) is 0 Å². The monoisotopic (exact) mass is 279 g/mol. The second-order valence-electron chi connectivity index (χ2n) is 5.20. The van der Waals surface area contributed by atoms with Crippen LogP contribution in [0.15, 0.2) is 60.0 Å². The Bertz CT molecular complexity index is 652. The second-order valence-corrected chi connectivity index (χ2v) is 5.20. The maximum atomic E-state index is 11.8. The highest BCUT2D eigenvalue weighted by Crippen LogP contribution is 2.23. The molecule has 4 nitrogen and oxygen atoms in total. The Labute approximate surface area is 124 Å². The first-order valence-electron chi connectivity index (χ1n) is 7.05. The standard InChI is InChI=1S/C17H17N3O/c1-13(21)20-16(10-14-6-3-2-4-7-14)11-17(19-20)15-8-5-9-18-12-15/h2-9,12,16H,10-11H2,1H3. The number of hydrogen-bond acceptors (Lipinski definition) is 3. The minimum Gasteiger partial charge on any atom is -0.273 e. The van der Waals surface area contributed by atoms with Crippen LogP contribution in [0.25, 0.3) is 0 Å². The van der Waals surface area contributed by atoms with Crippen molar-refractivity contribution in [1.29, 1.82) is 0 Å². The summed E-state index contributed by atoms with van der Waals surface area (Å²) in [5.41, 5.74) is 3.13. The van der Waals surface area contributed by atoms with Gasteiger partial charge < -0.3 is 0 Å². The smallest absolute Gasteiger partial charge is 0.239 e. The summed E-state index contributed by atoms with van der Waals surface area (Å²) < 4.78 is 0. The molecule has 3 rings (SSSR count). The van der Waals surface area contributed by atoms with Gasteiger partial charge in [-0.05, 0) is 18.1 Å². The van der Waals surface area contributed by atoms with Crippen LogP contribution in [0.5, 0.6) is 0 Å². The highest BCUT2D eigenvalue weighted by molar-refractivity contribution is 6.02. The number of aromatic nitrogens is 1. The van der Waals surface area contributed by atoms with Crippen LogP contribution in [0.2, 0.25) is 0 Å². The van der Waals surface area contributed by atoms with Crippen molar-refractivity contribution < 1.29 is 4.79 Å². The number of hydrazone groups is 1. The van der Waals surface area contributed by atoms with Gasteiger partial charge in [0.15, 0.2) is 0 Å². The zero-order chi connectivity index (χ0) is 14.7. The molecule has 0 saturated carbocycles. The first-order valence-corrected chi connectivity index (χ1v) is 7.05. The zero-order valence-corrected chi connectivity index (χ0v) is 11.9. The predicted octanol–water partition coefficient (Wildman–Crippen LogP) is 2.65. The van der Waals surface area contributed by atoms with E-state index in [0.717, 1.165) is 24.1 Å². The summed E-state index contributed by atoms with van der Waals surface area (Å²) in [6.07, 6.45) is 5.11. The highest BCUT2D eigenvalue weighted by Gasteiger charge is 2.30. The van der Waals surface area contributed by atoms with Gasteiger partial charge >= 0.3 is 0 Å². The van der Waals surface area contributed by atoms with Crippen molar-refractivity contribution in [2.24, 2.45) is 5.10 Å². The Morgan fingerprint density at radius 2 is 2.05 bits per heavy atom. The van der Waals surface area contributed by atoms with Gasteiger partial charge in [-0.25, -0.2) is 5.01 Å². The van der Waals surface area contributed by atoms with E-state index < -0.39 is 0 Å². The van der Waals surface area contributed by atoms with Gasteiger partial charge in [-0.1, -0.05) is 36.4 Å². The first-order chi connectivity index (χ1) is 10.2. The van der Waals surface area contributed by atoms with Crippen LogP contribution < -0.4 is 0 Å². The van der Waals surface area contributed by atoms with Crippen molar-refractivity contribution in [2.45, 2.75) is 25.8 Å². The molecule has 0 fully saturated rings. The van der Waals surface area contributed by atoms with Gasteiger partial charge in [0.25, 0.3) is 0 Å². The number of benzene rings is 1. The van der Waals surface area contributed by atoms with Crippen LogP contribution in [0.4, 0.5) is 0 Å². The topological polar surface area (TPSA) is 45.6 Å². The summed E-state index contributed by atoms with van der Waals surface area (Å²) in [4.78, 5) is 16.0. The van der Waals surface area contributed by atoms with Gasteiger partial charge in [0.2, 0.25) is 5.91 Å². The second kappa shape index (κ2) is 5.87. The molecule has 0 N–H and O–H groups in total. The molecule has 1 aliphatic heterocycles. The molecule has 4 heteroatoms. The van der Waals surface area contributed by atoms with Crippen LogP contribution >= 0.6 is 0 Å². The van der Waals surface area contributed by atoms with Crippen LogP contribution in [0.3, 0.4) is 0 Å². The molecule has 2 aromatic rings. The van der Waals surface area contributed by atoms with Gasteiger partial charge in [0.05, 0.1) is 11.8 Å². The molecule has 1 unspecified atom stereocenters. The fraction of sp³-hybridized carbons (Fsp3) is 0.235. The van der Waals surface area contributed by atoms with Crippen molar-refractivity contribution >= 4 is 11.6 Å². The molecular weight excluding hydrogens is 262 g/mol. The van der Waals surface area contributed by atoms with Crippen molar-refractivity contribution in [2.75, 3.05) is 0 Å². The van der Waals surface area contributed by atoms with E-state index in [2.05, 4.69) is 22.2 Å². The van der Waals surface area contributed by atoms with Crippen LogP contribution in [-0.2, 0) is 11.2 Å². The Morgan fingerprint density at radius 3 is 2.71 bits per heavy atom. The third kappa shape index (κ3) is 2.99. The van der Waals surface area contributed by atoms with Crippen LogP contribution in [0, 0.1) is 0 Å². The molecule has 1 amide bonds. The van der Waals surface area contributed by atoms with Crippen molar-refractivity contribution in [1.82, 2.24) is 9.99 Å². The number of pyridine rings is 1. The fourth-order valence-electron chi connectivity index (χ4n) is 2.64. The van der Waals surface area contributed by atoms with Gasteiger partial charge in [-0.15, -0.1) is 0 Å². The number of amides is 1. The molecule has 0 spiro atoms. The third-order valence-electron chi connectivity index (χ3n) is 3.63. The van der Waals surface area contributed by atoms with Crippen molar-refractivity contribution in [3.05, 3.63) is 66.0 Å². The molecule has 0 aliphatic carbocycles. The predicted molar refractivity (Wildman–Crippen MR) is 81.8 cm³/mol. The molecule has 0 saturated heterocycles. The number of carbonyl (C=O) groups is 1. The summed E-state index contributed by atoms with van der Waals surface area (Å²) in [5, 5.41) is 6.10. The molecule has 21 heavy (non-hydrogen) atoms. The average molecular weight is 279 g/mol. The summed E-state index contributed by atoms with van der Waals surface area (Å²) >= 11 is 0. The van der Waals surface area contributed by atoms with Gasteiger partial charge in [-0.3, -0.25) is 9.78 Å². The highest BCUT2D eigenvalue weighted by atomic mass is 16.2. The quantitative estimate of drug-likeness (QED) is 0.867. The maximum absolute atomic E-state index is 11.8. The molecule has 1 atom stereocenters. The Morgan fingerprint density at radius 1 is 1.24 bits per heavy atom. The van der Waals surface area contributed by atoms with Crippen LogP contribution in [0.1, 0.15) is 24.5 Å². The van der Waals surface area contributed by atoms with Gasteiger partial charge in [0, 0.05) is 31.3 Å². The Kier molecular flexibility index (Phi) is 3.77. The van der Waals surface area contributed by atoms with E-state index in [9.17, 15) is 4.79 Å².